The number of anilines is 1. The molecule has 21 heavy (non-hydrogen) atoms. The highest BCUT2D eigenvalue weighted by atomic mass is 32.2. The van der Waals surface area contributed by atoms with Gasteiger partial charge in [-0.3, -0.25) is 9.82 Å². The molecule has 1 aromatic heterocycles. The molecule has 0 saturated heterocycles. The van der Waals surface area contributed by atoms with E-state index >= 15 is 0 Å². The molecule has 0 fully saturated rings. The molecule has 2 aromatic rings. The van der Waals surface area contributed by atoms with Gasteiger partial charge in [0.2, 0.25) is 0 Å². The molecular formula is C15H21N3O2S. The molecule has 6 heteroatoms. The summed E-state index contributed by atoms with van der Waals surface area (Å²) in [5, 5.41) is 6.93. The van der Waals surface area contributed by atoms with Crippen LogP contribution in [0.3, 0.4) is 0 Å². The molecular weight excluding hydrogens is 286 g/mol. The SMILES string of the molecule is CCC[C@@H](C)c1cc(NS(=O)(=O)c2ccc(C)cc2)n[nH]1. The number of sulfonamides is 1. The Morgan fingerprint density at radius 2 is 1.95 bits per heavy atom. The van der Waals surface area contributed by atoms with Crippen molar-refractivity contribution in [3.63, 3.8) is 0 Å². The fourth-order valence-corrected chi connectivity index (χ4v) is 3.14. The molecule has 0 amide bonds. The predicted molar refractivity (Wildman–Crippen MR) is 83.9 cm³/mol. The summed E-state index contributed by atoms with van der Waals surface area (Å²) in [4.78, 5) is 0.235. The molecule has 0 aliphatic heterocycles. The first-order valence-electron chi connectivity index (χ1n) is 7.07. The number of rotatable bonds is 6. The summed E-state index contributed by atoms with van der Waals surface area (Å²) < 4.78 is 27.0. The molecule has 0 unspecified atom stereocenters. The Hall–Kier alpha value is -1.82. The van der Waals surface area contributed by atoms with E-state index in [0.29, 0.717) is 11.7 Å². The van der Waals surface area contributed by atoms with Crippen LogP contribution >= 0.6 is 0 Å². The lowest BCUT2D eigenvalue weighted by molar-refractivity contribution is 0.601. The van der Waals surface area contributed by atoms with Crippen LogP contribution in [0.5, 0.6) is 0 Å². The van der Waals surface area contributed by atoms with Crippen LogP contribution in [0.15, 0.2) is 35.2 Å². The first-order chi connectivity index (χ1) is 9.92. The Kier molecular flexibility index (Phi) is 4.67. The lowest BCUT2D eigenvalue weighted by Gasteiger charge is -2.06. The third kappa shape index (κ3) is 3.85. The number of nitrogens with one attached hydrogen (secondary N) is 2. The number of nitrogens with zero attached hydrogens (tertiary/aromatic N) is 1. The van der Waals surface area contributed by atoms with E-state index in [2.05, 4.69) is 28.8 Å². The number of H-pyrrole nitrogens is 1. The van der Waals surface area contributed by atoms with Crippen LogP contribution < -0.4 is 4.72 Å². The lowest BCUT2D eigenvalue weighted by Crippen LogP contribution is -2.13. The largest absolute Gasteiger partial charge is 0.280 e. The number of hydrogen-bond donors (Lipinski definition) is 2. The molecule has 5 nitrogen and oxygen atoms in total. The van der Waals surface area contributed by atoms with Gasteiger partial charge in [-0.15, -0.1) is 0 Å². The molecule has 0 aliphatic rings. The third-order valence-corrected chi connectivity index (χ3v) is 4.79. The second kappa shape index (κ2) is 6.30. The van der Waals surface area contributed by atoms with Crippen molar-refractivity contribution in [3.05, 3.63) is 41.6 Å². The molecule has 1 atom stereocenters. The first-order valence-corrected chi connectivity index (χ1v) is 8.55. The molecule has 2 N–H and O–H groups in total. The Balaban J connectivity index is 2.15. The highest BCUT2D eigenvalue weighted by molar-refractivity contribution is 7.92. The van der Waals surface area contributed by atoms with Crippen molar-refractivity contribution >= 4 is 15.8 Å². The van der Waals surface area contributed by atoms with Gasteiger partial charge >= 0.3 is 0 Å². The van der Waals surface area contributed by atoms with Gasteiger partial charge in [0.1, 0.15) is 0 Å². The van der Waals surface area contributed by atoms with Crippen LogP contribution in [0.25, 0.3) is 0 Å². The van der Waals surface area contributed by atoms with Gasteiger partial charge in [0.05, 0.1) is 4.90 Å². The van der Waals surface area contributed by atoms with Crippen molar-refractivity contribution in [2.24, 2.45) is 0 Å². The van der Waals surface area contributed by atoms with Gasteiger partial charge in [0.25, 0.3) is 10.0 Å². The number of hydrogen-bond acceptors (Lipinski definition) is 3. The lowest BCUT2D eigenvalue weighted by atomic mass is 10.0. The molecule has 1 heterocycles. The van der Waals surface area contributed by atoms with Gasteiger partial charge in [-0.05, 0) is 31.4 Å². The van der Waals surface area contributed by atoms with E-state index in [-0.39, 0.29) is 4.90 Å². The Labute approximate surface area is 125 Å². The highest BCUT2D eigenvalue weighted by Gasteiger charge is 2.16. The van der Waals surface area contributed by atoms with Crippen LogP contribution in [-0.2, 0) is 10.0 Å². The zero-order valence-electron chi connectivity index (χ0n) is 12.6. The predicted octanol–water partition coefficient (Wildman–Crippen LogP) is 3.42. The van der Waals surface area contributed by atoms with Crippen LogP contribution in [0.1, 0.15) is 43.9 Å². The van der Waals surface area contributed by atoms with Crippen LogP contribution in [0.2, 0.25) is 0 Å². The maximum atomic E-state index is 12.3. The average molecular weight is 307 g/mol. The molecule has 1 aromatic carbocycles. The molecule has 114 valence electrons. The number of aromatic amines is 1. The van der Waals surface area contributed by atoms with Gasteiger partial charge in [-0.2, -0.15) is 5.10 Å². The average Bonchev–Trinajstić information content (AvgIpc) is 2.87. The Bertz CT molecular complexity index is 690. The standard InChI is InChI=1S/C15H21N3O2S/c1-4-5-12(3)14-10-15(17-16-14)18-21(19,20)13-8-6-11(2)7-9-13/h6-10,12H,4-5H2,1-3H3,(H2,16,17,18)/t12-/m1/s1. The third-order valence-electron chi connectivity index (χ3n) is 3.42. The summed E-state index contributed by atoms with van der Waals surface area (Å²) >= 11 is 0. The smallest absolute Gasteiger partial charge is 0.263 e. The molecule has 0 aliphatic carbocycles. The van der Waals surface area contributed by atoms with Crippen LogP contribution in [0, 0.1) is 6.92 Å². The van der Waals surface area contributed by atoms with E-state index in [0.717, 1.165) is 24.1 Å². The molecule has 0 saturated carbocycles. The summed E-state index contributed by atoms with van der Waals surface area (Å²) in [6.07, 6.45) is 2.11. The Morgan fingerprint density at radius 3 is 2.57 bits per heavy atom. The van der Waals surface area contributed by atoms with E-state index < -0.39 is 10.0 Å². The van der Waals surface area contributed by atoms with Crippen molar-refractivity contribution in [2.75, 3.05) is 4.72 Å². The fraction of sp³-hybridized carbons (Fsp3) is 0.400. The molecule has 0 bridgehead atoms. The summed E-state index contributed by atoms with van der Waals surface area (Å²) in [5.74, 6) is 0.661. The minimum absolute atomic E-state index is 0.235. The van der Waals surface area contributed by atoms with Crippen LogP contribution in [-0.4, -0.2) is 18.6 Å². The second-order valence-electron chi connectivity index (χ2n) is 5.32. The normalized spacial score (nSPS) is 13.1. The maximum absolute atomic E-state index is 12.3. The zero-order chi connectivity index (χ0) is 15.5. The van der Waals surface area contributed by atoms with E-state index in [1.165, 1.54) is 0 Å². The number of aromatic nitrogens is 2. The van der Waals surface area contributed by atoms with Crippen molar-refractivity contribution < 1.29 is 8.42 Å². The van der Waals surface area contributed by atoms with Gasteiger partial charge < -0.3 is 0 Å². The van der Waals surface area contributed by atoms with Crippen molar-refractivity contribution in [1.29, 1.82) is 0 Å². The van der Waals surface area contributed by atoms with E-state index in [9.17, 15) is 8.42 Å². The van der Waals surface area contributed by atoms with Crippen molar-refractivity contribution in [3.8, 4) is 0 Å². The summed E-state index contributed by atoms with van der Waals surface area (Å²) in [6, 6.07) is 8.48. The monoisotopic (exact) mass is 307 g/mol. The molecule has 2 rings (SSSR count). The Morgan fingerprint density at radius 1 is 1.29 bits per heavy atom. The van der Waals surface area contributed by atoms with E-state index in [1.807, 2.05) is 6.92 Å². The van der Waals surface area contributed by atoms with Gasteiger partial charge in [0, 0.05) is 11.8 Å². The van der Waals surface area contributed by atoms with E-state index in [1.54, 1.807) is 30.3 Å². The summed E-state index contributed by atoms with van der Waals surface area (Å²) in [6.45, 7) is 6.13. The quantitative estimate of drug-likeness (QED) is 0.858. The van der Waals surface area contributed by atoms with Crippen molar-refractivity contribution in [2.45, 2.75) is 44.4 Å². The van der Waals surface area contributed by atoms with E-state index in [4.69, 9.17) is 0 Å². The number of benzene rings is 1. The van der Waals surface area contributed by atoms with Gasteiger partial charge in [0.15, 0.2) is 5.82 Å². The van der Waals surface area contributed by atoms with Gasteiger partial charge in [-0.25, -0.2) is 8.42 Å². The maximum Gasteiger partial charge on any atom is 0.263 e. The minimum atomic E-state index is -3.59. The first kappa shape index (κ1) is 15.6. The topological polar surface area (TPSA) is 74.8 Å². The summed E-state index contributed by atoms with van der Waals surface area (Å²) in [5.41, 5.74) is 1.96. The fourth-order valence-electron chi connectivity index (χ4n) is 2.14. The zero-order valence-corrected chi connectivity index (χ0v) is 13.4. The number of aryl methyl sites for hydroxylation is 1. The summed E-state index contributed by atoms with van der Waals surface area (Å²) in [7, 11) is -3.59. The highest BCUT2D eigenvalue weighted by Crippen LogP contribution is 2.22. The van der Waals surface area contributed by atoms with Gasteiger partial charge in [-0.1, -0.05) is 38.0 Å². The minimum Gasteiger partial charge on any atom is -0.280 e. The molecule has 0 radical (unpaired) electrons. The molecule has 0 spiro atoms. The van der Waals surface area contributed by atoms with Crippen molar-refractivity contribution in [1.82, 2.24) is 10.2 Å². The van der Waals surface area contributed by atoms with Crippen LogP contribution in [0.4, 0.5) is 5.82 Å². The second-order valence-corrected chi connectivity index (χ2v) is 7.00.